The number of hydrogen-bond donors (Lipinski definition) is 1. The minimum Gasteiger partial charge on any atom is -0.489 e. The van der Waals surface area contributed by atoms with Gasteiger partial charge in [0, 0.05) is 61.5 Å². The molecule has 3 aromatic heterocycles. The molecule has 0 unspecified atom stereocenters. The van der Waals surface area contributed by atoms with E-state index in [-0.39, 0.29) is 12.0 Å². The van der Waals surface area contributed by atoms with E-state index in [1.165, 1.54) is 0 Å². The van der Waals surface area contributed by atoms with Gasteiger partial charge in [-0.3, -0.25) is 4.79 Å². The topological polar surface area (TPSA) is 85.2 Å². The number of rotatable bonds is 7. The van der Waals surface area contributed by atoms with Gasteiger partial charge in [0.05, 0.1) is 11.7 Å². The van der Waals surface area contributed by atoms with Crippen molar-refractivity contribution in [1.82, 2.24) is 24.8 Å². The number of nitrogens with zero attached hydrogens (tertiary/aromatic N) is 5. The molecule has 2 fully saturated rings. The molecule has 0 spiro atoms. The maximum absolute atomic E-state index is 12.4. The smallest absolute Gasteiger partial charge is 0.251 e. The van der Waals surface area contributed by atoms with Gasteiger partial charge < -0.3 is 19.5 Å². The van der Waals surface area contributed by atoms with Gasteiger partial charge in [-0.05, 0) is 61.2 Å². The largest absolute Gasteiger partial charge is 0.489 e. The molecule has 0 radical (unpaired) electrons. The van der Waals surface area contributed by atoms with Crippen LogP contribution in [-0.4, -0.2) is 50.7 Å². The van der Waals surface area contributed by atoms with Crippen LogP contribution < -0.4 is 15.0 Å². The SMILES string of the molecule is CCc1cnc(N2CCC(Oc3ccc(-n4ccc5cc(C(=O)NC6CC6)ccc54)nc3)CC2)nc1. The summed E-state index contributed by atoms with van der Waals surface area (Å²) in [6, 6.07) is 12.1. The van der Waals surface area contributed by atoms with Crippen molar-refractivity contribution in [3.05, 3.63) is 72.3 Å². The first kappa shape index (κ1) is 22.5. The second kappa shape index (κ2) is 9.60. The summed E-state index contributed by atoms with van der Waals surface area (Å²) in [6.45, 7) is 3.85. The van der Waals surface area contributed by atoms with Gasteiger partial charge in [0.1, 0.15) is 17.7 Å². The Hall–Kier alpha value is -3.94. The normalized spacial score (nSPS) is 16.3. The number of aryl methyl sites for hydroxylation is 1. The molecule has 1 aliphatic carbocycles. The number of amides is 1. The number of carbonyl (C=O) groups excluding carboxylic acids is 1. The maximum atomic E-state index is 12.4. The number of carbonyl (C=O) groups is 1. The molecule has 1 saturated heterocycles. The Balaban J connectivity index is 1.08. The number of anilines is 1. The molecule has 0 atom stereocenters. The second-order valence-corrected chi connectivity index (χ2v) is 9.61. The fourth-order valence-electron chi connectivity index (χ4n) is 4.62. The van der Waals surface area contributed by atoms with Crippen molar-refractivity contribution in [3.63, 3.8) is 0 Å². The highest BCUT2D eigenvalue weighted by Crippen LogP contribution is 2.25. The summed E-state index contributed by atoms with van der Waals surface area (Å²) in [4.78, 5) is 28.3. The molecule has 1 aliphatic heterocycles. The molecule has 0 bridgehead atoms. The van der Waals surface area contributed by atoms with E-state index >= 15 is 0 Å². The van der Waals surface area contributed by atoms with E-state index in [0.717, 1.165) is 79.2 Å². The van der Waals surface area contributed by atoms with Crippen LogP contribution in [0.2, 0.25) is 0 Å². The zero-order valence-corrected chi connectivity index (χ0v) is 20.4. The van der Waals surface area contributed by atoms with Gasteiger partial charge >= 0.3 is 0 Å². The average molecular weight is 483 g/mol. The first-order valence-electron chi connectivity index (χ1n) is 12.8. The lowest BCUT2D eigenvalue weighted by atomic mass is 10.1. The molecule has 8 nitrogen and oxygen atoms in total. The van der Waals surface area contributed by atoms with Crippen LogP contribution in [0.5, 0.6) is 5.75 Å². The molecular weight excluding hydrogens is 452 g/mol. The molecule has 1 N–H and O–H groups in total. The predicted molar refractivity (Wildman–Crippen MR) is 139 cm³/mol. The Labute approximate surface area is 210 Å². The van der Waals surface area contributed by atoms with Crippen LogP contribution in [0.15, 0.2) is 61.2 Å². The van der Waals surface area contributed by atoms with Crippen LogP contribution in [0, 0.1) is 0 Å². The molecule has 6 rings (SSSR count). The van der Waals surface area contributed by atoms with E-state index in [1.54, 1.807) is 6.20 Å². The van der Waals surface area contributed by atoms with E-state index in [4.69, 9.17) is 4.74 Å². The Bertz CT molecular complexity index is 1350. The Morgan fingerprint density at radius 1 is 1.00 bits per heavy atom. The first-order valence-corrected chi connectivity index (χ1v) is 12.8. The monoisotopic (exact) mass is 482 g/mol. The van der Waals surface area contributed by atoms with Crippen LogP contribution >= 0.6 is 0 Å². The molecule has 4 aromatic rings. The lowest BCUT2D eigenvalue weighted by Crippen LogP contribution is -2.39. The third-order valence-corrected chi connectivity index (χ3v) is 6.96. The van der Waals surface area contributed by atoms with E-state index in [1.807, 2.05) is 59.6 Å². The van der Waals surface area contributed by atoms with Crippen molar-refractivity contribution in [2.24, 2.45) is 0 Å². The molecule has 184 valence electrons. The molecule has 2 aliphatic rings. The molecule has 1 aromatic carbocycles. The number of ether oxygens (including phenoxy) is 1. The summed E-state index contributed by atoms with van der Waals surface area (Å²) in [7, 11) is 0. The van der Waals surface area contributed by atoms with E-state index < -0.39 is 0 Å². The van der Waals surface area contributed by atoms with Gasteiger partial charge in [-0.1, -0.05) is 6.92 Å². The van der Waals surface area contributed by atoms with E-state index in [9.17, 15) is 4.79 Å². The van der Waals surface area contributed by atoms with Crippen molar-refractivity contribution in [2.45, 2.75) is 51.2 Å². The highest BCUT2D eigenvalue weighted by molar-refractivity contribution is 5.98. The molecular formula is C28H30N6O2. The van der Waals surface area contributed by atoms with Gasteiger partial charge in [-0.2, -0.15) is 0 Å². The van der Waals surface area contributed by atoms with Crippen molar-refractivity contribution >= 4 is 22.8 Å². The maximum Gasteiger partial charge on any atom is 0.251 e. The summed E-state index contributed by atoms with van der Waals surface area (Å²) >= 11 is 0. The third-order valence-electron chi connectivity index (χ3n) is 6.96. The minimum atomic E-state index is -0.000430. The number of hydrogen-bond acceptors (Lipinski definition) is 6. The highest BCUT2D eigenvalue weighted by atomic mass is 16.5. The standard InChI is InChI=1S/C28H30N6O2/c1-2-19-16-30-28(31-17-19)33-12-10-23(11-13-33)36-24-6-8-26(29-18-24)34-14-9-20-15-21(3-7-25(20)34)27(35)32-22-4-5-22/h3,6-9,14-18,22-23H,2,4-5,10-13H2,1H3,(H,32,35). The quantitative estimate of drug-likeness (QED) is 0.422. The van der Waals surface area contributed by atoms with Crippen LogP contribution in [0.1, 0.15) is 48.5 Å². The number of nitrogens with one attached hydrogen (secondary N) is 1. The summed E-state index contributed by atoms with van der Waals surface area (Å²) in [5.41, 5.74) is 2.86. The Morgan fingerprint density at radius 2 is 1.81 bits per heavy atom. The molecule has 8 heteroatoms. The second-order valence-electron chi connectivity index (χ2n) is 9.61. The van der Waals surface area contributed by atoms with Crippen molar-refractivity contribution in [1.29, 1.82) is 0 Å². The summed E-state index contributed by atoms with van der Waals surface area (Å²) in [6.07, 6.45) is 12.7. The third kappa shape index (κ3) is 4.76. The number of fused-ring (bicyclic) bond motifs is 1. The minimum absolute atomic E-state index is 0.000430. The predicted octanol–water partition coefficient (Wildman–Crippen LogP) is 4.32. The van der Waals surface area contributed by atoms with Gasteiger partial charge in [-0.25, -0.2) is 15.0 Å². The number of piperidine rings is 1. The lowest BCUT2D eigenvalue weighted by molar-refractivity contribution is 0.0951. The fraction of sp³-hybridized carbons (Fsp3) is 0.357. The molecule has 36 heavy (non-hydrogen) atoms. The van der Waals surface area contributed by atoms with Gasteiger partial charge in [0.25, 0.3) is 5.91 Å². The summed E-state index contributed by atoms with van der Waals surface area (Å²) in [5.74, 6) is 2.39. The average Bonchev–Trinajstić information content (AvgIpc) is 3.64. The van der Waals surface area contributed by atoms with Gasteiger partial charge in [-0.15, -0.1) is 0 Å². The van der Waals surface area contributed by atoms with Crippen LogP contribution in [-0.2, 0) is 6.42 Å². The van der Waals surface area contributed by atoms with Crippen molar-refractivity contribution in [2.75, 3.05) is 18.0 Å². The Kier molecular flexibility index (Phi) is 6.01. The lowest BCUT2D eigenvalue weighted by Gasteiger charge is -2.32. The molecule has 1 amide bonds. The molecule has 1 saturated carbocycles. The number of pyridine rings is 1. The summed E-state index contributed by atoms with van der Waals surface area (Å²) < 4.78 is 8.26. The Morgan fingerprint density at radius 3 is 2.50 bits per heavy atom. The molecule has 4 heterocycles. The highest BCUT2D eigenvalue weighted by Gasteiger charge is 2.24. The van der Waals surface area contributed by atoms with Gasteiger partial charge in [0.15, 0.2) is 0 Å². The van der Waals surface area contributed by atoms with E-state index in [2.05, 4.69) is 32.1 Å². The zero-order valence-electron chi connectivity index (χ0n) is 20.4. The summed E-state index contributed by atoms with van der Waals surface area (Å²) in [5, 5.41) is 4.06. The van der Waals surface area contributed by atoms with Crippen LogP contribution in [0.3, 0.4) is 0 Å². The van der Waals surface area contributed by atoms with Crippen LogP contribution in [0.4, 0.5) is 5.95 Å². The van der Waals surface area contributed by atoms with E-state index in [0.29, 0.717) is 11.6 Å². The van der Waals surface area contributed by atoms with Crippen molar-refractivity contribution < 1.29 is 9.53 Å². The van der Waals surface area contributed by atoms with Crippen molar-refractivity contribution in [3.8, 4) is 11.6 Å². The zero-order chi connectivity index (χ0) is 24.5. The fourth-order valence-corrected chi connectivity index (χ4v) is 4.62. The first-order chi connectivity index (χ1) is 17.7. The van der Waals surface area contributed by atoms with Crippen LogP contribution in [0.25, 0.3) is 16.7 Å². The number of aromatic nitrogens is 4. The number of benzene rings is 1. The van der Waals surface area contributed by atoms with Gasteiger partial charge in [0.2, 0.25) is 5.95 Å².